The number of halogens is 1. The van der Waals surface area contributed by atoms with Crippen molar-refractivity contribution in [1.82, 2.24) is 15.1 Å². The van der Waals surface area contributed by atoms with Gasteiger partial charge in [0.2, 0.25) is 5.12 Å². The molecule has 0 unspecified atom stereocenters. The fraction of sp³-hybridized carbons (Fsp3) is 0.444. The van der Waals surface area contributed by atoms with Gasteiger partial charge in [0.15, 0.2) is 0 Å². The Balaban J connectivity index is 2.11. The first kappa shape index (κ1) is 11.7. The zero-order chi connectivity index (χ0) is 11.7. The standard InChI is InChI=1S/C9H10BrN3O2S/c1-13-7(5(10)4-11-13)8(14)12-6-2-3-16-9(6)15/h4,6H,2-3H2,1H3,(H,12,14)/t6-/m0/s1. The van der Waals surface area contributed by atoms with Crippen LogP contribution in [0.25, 0.3) is 0 Å². The summed E-state index contributed by atoms with van der Waals surface area (Å²) in [6.07, 6.45) is 2.25. The maximum atomic E-state index is 11.9. The van der Waals surface area contributed by atoms with E-state index in [-0.39, 0.29) is 17.1 Å². The maximum Gasteiger partial charge on any atom is 0.271 e. The number of nitrogens with zero attached hydrogens (tertiary/aromatic N) is 2. The summed E-state index contributed by atoms with van der Waals surface area (Å²) in [5, 5.41) is 6.70. The van der Waals surface area contributed by atoms with Crippen molar-refractivity contribution in [3.8, 4) is 0 Å². The van der Waals surface area contributed by atoms with Crippen LogP contribution in [0.2, 0.25) is 0 Å². The Labute approximate surface area is 105 Å². The van der Waals surface area contributed by atoms with Crippen molar-refractivity contribution in [2.75, 3.05) is 5.75 Å². The van der Waals surface area contributed by atoms with Crippen molar-refractivity contribution >= 4 is 38.7 Å². The summed E-state index contributed by atoms with van der Waals surface area (Å²) in [5.41, 5.74) is 0.435. The van der Waals surface area contributed by atoms with Gasteiger partial charge >= 0.3 is 0 Å². The highest BCUT2D eigenvalue weighted by Gasteiger charge is 2.28. The van der Waals surface area contributed by atoms with Crippen LogP contribution in [0, 0.1) is 0 Å². The minimum atomic E-state index is -0.362. The molecular weight excluding hydrogens is 294 g/mol. The number of thioether (sulfide) groups is 1. The molecule has 5 nitrogen and oxygen atoms in total. The van der Waals surface area contributed by atoms with E-state index in [9.17, 15) is 9.59 Å². The van der Waals surface area contributed by atoms with Crippen LogP contribution in [0.4, 0.5) is 0 Å². The number of amides is 1. The van der Waals surface area contributed by atoms with Crippen LogP contribution in [0.5, 0.6) is 0 Å². The van der Waals surface area contributed by atoms with Crippen LogP contribution in [0.1, 0.15) is 16.9 Å². The van der Waals surface area contributed by atoms with Gasteiger partial charge in [0, 0.05) is 12.8 Å². The van der Waals surface area contributed by atoms with Crippen LogP contribution in [0.3, 0.4) is 0 Å². The monoisotopic (exact) mass is 303 g/mol. The molecule has 86 valence electrons. The predicted octanol–water partition coefficient (Wildman–Crippen LogP) is 0.945. The number of rotatable bonds is 2. The lowest BCUT2D eigenvalue weighted by molar-refractivity contribution is -0.112. The van der Waals surface area contributed by atoms with E-state index in [1.807, 2.05) is 0 Å². The number of aromatic nitrogens is 2. The highest BCUT2D eigenvalue weighted by atomic mass is 79.9. The minimum absolute atomic E-state index is 0.0339. The molecule has 2 heterocycles. The molecule has 0 radical (unpaired) electrons. The average molecular weight is 304 g/mol. The Hall–Kier alpha value is -0.820. The zero-order valence-corrected chi connectivity index (χ0v) is 11.0. The number of carbonyl (C=O) groups excluding carboxylic acids is 2. The molecular formula is C9H10BrN3O2S. The summed E-state index contributed by atoms with van der Waals surface area (Å²) in [6.45, 7) is 0. The van der Waals surface area contributed by atoms with Gasteiger partial charge in [-0.25, -0.2) is 0 Å². The van der Waals surface area contributed by atoms with Crippen molar-refractivity contribution in [3.05, 3.63) is 16.4 Å². The second-order valence-corrected chi connectivity index (χ2v) is 5.40. The summed E-state index contributed by atoms with van der Waals surface area (Å²) >= 11 is 4.51. The molecule has 1 fully saturated rings. The Kier molecular flexibility index (Phi) is 3.34. The normalized spacial score (nSPS) is 20.1. The van der Waals surface area contributed by atoms with E-state index in [1.165, 1.54) is 16.4 Å². The van der Waals surface area contributed by atoms with Crippen molar-refractivity contribution in [1.29, 1.82) is 0 Å². The van der Waals surface area contributed by atoms with Gasteiger partial charge in [-0.15, -0.1) is 0 Å². The van der Waals surface area contributed by atoms with Crippen LogP contribution in [0.15, 0.2) is 10.7 Å². The van der Waals surface area contributed by atoms with Gasteiger partial charge in [0.05, 0.1) is 16.7 Å². The molecule has 16 heavy (non-hydrogen) atoms. The summed E-state index contributed by atoms with van der Waals surface area (Å²) in [7, 11) is 1.69. The number of nitrogens with one attached hydrogen (secondary N) is 1. The molecule has 1 aromatic heterocycles. The zero-order valence-electron chi connectivity index (χ0n) is 8.57. The number of hydrogen-bond donors (Lipinski definition) is 1. The molecule has 0 spiro atoms. The smallest absolute Gasteiger partial charge is 0.271 e. The van der Waals surface area contributed by atoms with Crippen LogP contribution >= 0.6 is 27.7 Å². The van der Waals surface area contributed by atoms with Crippen molar-refractivity contribution < 1.29 is 9.59 Å². The molecule has 1 aliphatic rings. The SMILES string of the molecule is Cn1ncc(Br)c1C(=O)N[C@H]1CCSC1=O. The van der Waals surface area contributed by atoms with Gasteiger partial charge in [-0.1, -0.05) is 11.8 Å². The Morgan fingerprint density at radius 1 is 1.75 bits per heavy atom. The fourth-order valence-electron chi connectivity index (χ4n) is 1.52. The number of aryl methyl sites for hydroxylation is 1. The molecule has 0 aliphatic carbocycles. The Bertz CT molecular complexity index is 426. The molecule has 7 heteroatoms. The van der Waals surface area contributed by atoms with E-state index in [4.69, 9.17) is 0 Å². The molecule has 1 N–H and O–H groups in total. The van der Waals surface area contributed by atoms with Gasteiger partial charge in [-0.05, 0) is 22.4 Å². The molecule has 1 atom stereocenters. The fourth-order valence-corrected chi connectivity index (χ4v) is 2.98. The lowest BCUT2D eigenvalue weighted by Gasteiger charge is -2.10. The van der Waals surface area contributed by atoms with E-state index in [1.54, 1.807) is 13.2 Å². The quantitative estimate of drug-likeness (QED) is 0.883. The summed E-state index contributed by atoms with van der Waals surface area (Å²) in [6, 6.07) is -0.362. The first-order valence-corrected chi connectivity index (χ1v) is 6.52. The van der Waals surface area contributed by atoms with Crippen LogP contribution in [-0.2, 0) is 11.8 Å². The predicted molar refractivity (Wildman–Crippen MR) is 64.2 cm³/mol. The first-order chi connectivity index (χ1) is 7.59. The lowest BCUT2D eigenvalue weighted by Crippen LogP contribution is -2.38. The average Bonchev–Trinajstić information content (AvgIpc) is 2.75. The van der Waals surface area contributed by atoms with Crippen LogP contribution < -0.4 is 5.32 Å². The summed E-state index contributed by atoms with van der Waals surface area (Å²) < 4.78 is 2.11. The second kappa shape index (κ2) is 4.58. The molecule has 1 aromatic rings. The van der Waals surface area contributed by atoms with E-state index < -0.39 is 0 Å². The Morgan fingerprint density at radius 2 is 2.50 bits per heavy atom. The van der Waals surface area contributed by atoms with E-state index >= 15 is 0 Å². The molecule has 0 aromatic carbocycles. The molecule has 1 aliphatic heterocycles. The van der Waals surface area contributed by atoms with Crippen LogP contribution in [-0.4, -0.2) is 32.6 Å². The van der Waals surface area contributed by atoms with Gasteiger partial charge in [0.1, 0.15) is 5.69 Å². The largest absolute Gasteiger partial charge is 0.340 e. The molecule has 2 rings (SSSR count). The van der Waals surface area contributed by atoms with Gasteiger partial charge in [-0.3, -0.25) is 14.3 Å². The third kappa shape index (κ3) is 2.15. The van der Waals surface area contributed by atoms with Crippen molar-refractivity contribution in [3.63, 3.8) is 0 Å². The third-order valence-corrected chi connectivity index (χ3v) is 3.94. The topological polar surface area (TPSA) is 64.0 Å². The molecule has 0 saturated carbocycles. The highest BCUT2D eigenvalue weighted by molar-refractivity contribution is 9.10. The number of carbonyl (C=O) groups is 2. The van der Waals surface area contributed by atoms with E-state index in [0.717, 1.165) is 5.75 Å². The molecule has 1 saturated heterocycles. The summed E-state index contributed by atoms with van der Waals surface area (Å²) in [4.78, 5) is 23.2. The van der Waals surface area contributed by atoms with Gasteiger partial charge < -0.3 is 5.32 Å². The minimum Gasteiger partial charge on any atom is -0.340 e. The van der Waals surface area contributed by atoms with Crippen molar-refractivity contribution in [2.45, 2.75) is 12.5 Å². The first-order valence-electron chi connectivity index (χ1n) is 4.74. The van der Waals surface area contributed by atoms with Gasteiger partial charge in [0.25, 0.3) is 5.91 Å². The number of hydrogen-bond acceptors (Lipinski definition) is 4. The molecule has 1 amide bonds. The maximum absolute atomic E-state index is 11.9. The van der Waals surface area contributed by atoms with Gasteiger partial charge in [-0.2, -0.15) is 5.10 Å². The van der Waals surface area contributed by atoms with E-state index in [2.05, 4.69) is 26.3 Å². The Morgan fingerprint density at radius 3 is 3.00 bits per heavy atom. The second-order valence-electron chi connectivity index (χ2n) is 3.45. The van der Waals surface area contributed by atoms with Crippen molar-refractivity contribution in [2.24, 2.45) is 7.05 Å². The molecule has 0 bridgehead atoms. The third-order valence-electron chi connectivity index (χ3n) is 2.35. The van der Waals surface area contributed by atoms with E-state index in [0.29, 0.717) is 16.6 Å². The lowest BCUT2D eigenvalue weighted by atomic mass is 10.2. The summed E-state index contributed by atoms with van der Waals surface area (Å²) in [5.74, 6) is 0.504. The highest BCUT2D eigenvalue weighted by Crippen LogP contribution is 2.21.